The Morgan fingerprint density at radius 1 is 1.44 bits per heavy atom. The predicted octanol–water partition coefficient (Wildman–Crippen LogP) is 2.88. The highest BCUT2D eigenvalue weighted by molar-refractivity contribution is 6.01. The van der Waals surface area contributed by atoms with Crippen LogP contribution >= 0.6 is 0 Å². The van der Waals surface area contributed by atoms with Gasteiger partial charge in [0, 0.05) is 5.54 Å². The highest BCUT2D eigenvalue weighted by Gasteiger charge is 2.40. The topological polar surface area (TPSA) is 55.1 Å². The minimum absolute atomic E-state index is 0.0691. The Balaban J connectivity index is 2.27. The van der Waals surface area contributed by atoms with Crippen molar-refractivity contribution in [2.45, 2.75) is 32.2 Å². The van der Waals surface area contributed by atoms with Gasteiger partial charge in [-0.15, -0.1) is 0 Å². The number of rotatable bonds is 3. The lowest BCUT2D eigenvalue weighted by Gasteiger charge is -2.27. The lowest BCUT2D eigenvalue weighted by molar-refractivity contribution is 0.0698. The summed E-state index contributed by atoms with van der Waals surface area (Å²) < 4.78 is 2.03. The Morgan fingerprint density at radius 3 is 2.78 bits per heavy atom. The quantitative estimate of drug-likeness (QED) is 0.903. The number of hydrogen-bond acceptors (Lipinski definition) is 2. The molecule has 0 saturated heterocycles. The molecule has 1 aliphatic rings. The Bertz CT molecular complexity index is 624. The van der Waals surface area contributed by atoms with Gasteiger partial charge in [-0.05, 0) is 44.7 Å². The number of aromatic nitrogens is 2. The lowest BCUT2D eigenvalue weighted by atomic mass is 9.97. The van der Waals surface area contributed by atoms with Gasteiger partial charge in [0.05, 0.1) is 22.9 Å². The molecule has 0 radical (unpaired) electrons. The smallest absolute Gasteiger partial charge is 0.337 e. The second kappa shape index (κ2) is 3.57. The van der Waals surface area contributed by atoms with Gasteiger partial charge in [0.1, 0.15) is 0 Å². The summed E-state index contributed by atoms with van der Waals surface area (Å²) in [5, 5.41) is 9.30. The molecule has 18 heavy (non-hydrogen) atoms. The molecule has 2 aromatic rings. The fourth-order valence-corrected chi connectivity index (χ4v) is 2.66. The SMILES string of the molecule is CC(C)(C1CC1)n1cnc2cccc(C(=O)O)c21. The van der Waals surface area contributed by atoms with Crippen LogP contribution in [0, 0.1) is 5.92 Å². The molecule has 1 aliphatic carbocycles. The predicted molar refractivity (Wildman–Crippen MR) is 68.7 cm³/mol. The van der Waals surface area contributed by atoms with Gasteiger partial charge < -0.3 is 9.67 Å². The van der Waals surface area contributed by atoms with Crippen molar-refractivity contribution in [1.29, 1.82) is 0 Å². The molecule has 1 fully saturated rings. The number of carboxylic acids is 1. The van der Waals surface area contributed by atoms with E-state index in [1.165, 1.54) is 12.8 Å². The van der Waals surface area contributed by atoms with E-state index in [0.29, 0.717) is 11.5 Å². The van der Waals surface area contributed by atoms with Crippen LogP contribution in [0.1, 0.15) is 37.0 Å². The van der Waals surface area contributed by atoms with E-state index in [1.54, 1.807) is 18.5 Å². The molecule has 0 amide bonds. The molecule has 0 aliphatic heterocycles. The van der Waals surface area contributed by atoms with Gasteiger partial charge in [-0.2, -0.15) is 0 Å². The van der Waals surface area contributed by atoms with Crippen molar-refractivity contribution >= 4 is 17.0 Å². The van der Waals surface area contributed by atoms with Gasteiger partial charge in [-0.3, -0.25) is 0 Å². The van der Waals surface area contributed by atoms with Crippen LogP contribution in [0.4, 0.5) is 0 Å². The molecular formula is C14H16N2O2. The van der Waals surface area contributed by atoms with Crippen molar-refractivity contribution in [3.63, 3.8) is 0 Å². The van der Waals surface area contributed by atoms with E-state index in [9.17, 15) is 9.90 Å². The summed E-state index contributed by atoms with van der Waals surface area (Å²) in [7, 11) is 0. The first-order valence-electron chi connectivity index (χ1n) is 6.21. The molecule has 94 valence electrons. The van der Waals surface area contributed by atoms with E-state index in [-0.39, 0.29) is 5.54 Å². The van der Waals surface area contributed by atoms with Crippen molar-refractivity contribution < 1.29 is 9.90 Å². The normalized spacial score (nSPS) is 16.1. The maximum atomic E-state index is 11.3. The number of fused-ring (bicyclic) bond motifs is 1. The standard InChI is InChI=1S/C14H16N2O2/c1-14(2,9-6-7-9)16-8-15-11-5-3-4-10(12(11)16)13(17)18/h3-5,8-9H,6-7H2,1-2H3,(H,17,18). The molecule has 1 aromatic carbocycles. The van der Waals surface area contributed by atoms with Crippen LogP contribution in [0.15, 0.2) is 24.5 Å². The molecule has 1 heterocycles. The number of carbonyl (C=O) groups is 1. The monoisotopic (exact) mass is 244 g/mol. The molecule has 1 saturated carbocycles. The molecule has 1 N–H and O–H groups in total. The fraction of sp³-hybridized carbons (Fsp3) is 0.429. The van der Waals surface area contributed by atoms with Crippen LogP contribution in [-0.2, 0) is 5.54 Å². The van der Waals surface area contributed by atoms with E-state index in [4.69, 9.17) is 0 Å². The first-order chi connectivity index (χ1) is 8.51. The number of aromatic carboxylic acids is 1. The number of hydrogen-bond donors (Lipinski definition) is 1. The van der Waals surface area contributed by atoms with E-state index < -0.39 is 5.97 Å². The Hall–Kier alpha value is -1.84. The zero-order chi connectivity index (χ0) is 12.9. The van der Waals surface area contributed by atoms with Gasteiger partial charge in [0.25, 0.3) is 0 Å². The van der Waals surface area contributed by atoms with Crippen molar-refractivity contribution in [2.24, 2.45) is 5.92 Å². The second-order valence-corrected chi connectivity index (χ2v) is 5.52. The van der Waals surface area contributed by atoms with Gasteiger partial charge in [-0.25, -0.2) is 9.78 Å². The summed E-state index contributed by atoms with van der Waals surface area (Å²) in [6, 6.07) is 5.25. The maximum Gasteiger partial charge on any atom is 0.337 e. The minimum Gasteiger partial charge on any atom is -0.478 e. The zero-order valence-electron chi connectivity index (χ0n) is 10.6. The third-order valence-corrected chi connectivity index (χ3v) is 4.00. The van der Waals surface area contributed by atoms with Crippen LogP contribution in [-0.4, -0.2) is 20.6 Å². The van der Waals surface area contributed by atoms with Crippen LogP contribution in [0.25, 0.3) is 11.0 Å². The Morgan fingerprint density at radius 2 is 2.17 bits per heavy atom. The zero-order valence-corrected chi connectivity index (χ0v) is 10.6. The van der Waals surface area contributed by atoms with E-state index >= 15 is 0 Å². The summed E-state index contributed by atoms with van der Waals surface area (Å²) in [6.45, 7) is 4.31. The molecule has 0 spiro atoms. The van der Waals surface area contributed by atoms with Gasteiger partial charge in [-0.1, -0.05) is 6.07 Å². The highest BCUT2D eigenvalue weighted by atomic mass is 16.4. The largest absolute Gasteiger partial charge is 0.478 e. The van der Waals surface area contributed by atoms with Gasteiger partial charge >= 0.3 is 5.97 Å². The molecule has 3 rings (SSSR count). The molecule has 0 unspecified atom stereocenters. The number of nitrogens with zero attached hydrogens (tertiary/aromatic N) is 2. The number of benzene rings is 1. The van der Waals surface area contributed by atoms with Crippen molar-refractivity contribution in [3.05, 3.63) is 30.1 Å². The first kappa shape index (κ1) is 11.3. The summed E-state index contributed by atoms with van der Waals surface area (Å²) in [5.41, 5.74) is 1.75. The van der Waals surface area contributed by atoms with Gasteiger partial charge in [0.2, 0.25) is 0 Å². The van der Waals surface area contributed by atoms with Crippen molar-refractivity contribution in [2.75, 3.05) is 0 Å². The number of para-hydroxylation sites is 1. The Kier molecular flexibility index (Phi) is 2.24. The average molecular weight is 244 g/mol. The number of imidazole rings is 1. The second-order valence-electron chi connectivity index (χ2n) is 5.52. The molecule has 4 nitrogen and oxygen atoms in total. The first-order valence-corrected chi connectivity index (χ1v) is 6.21. The summed E-state index contributed by atoms with van der Waals surface area (Å²) in [4.78, 5) is 15.7. The minimum atomic E-state index is -0.894. The third-order valence-electron chi connectivity index (χ3n) is 4.00. The van der Waals surface area contributed by atoms with E-state index in [2.05, 4.69) is 18.8 Å². The summed E-state index contributed by atoms with van der Waals surface area (Å²) in [5.74, 6) is -0.273. The molecule has 1 aromatic heterocycles. The van der Waals surface area contributed by atoms with Crippen molar-refractivity contribution in [3.8, 4) is 0 Å². The molecule has 0 atom stereocenters. The summed E-state index contributed by atoms with van der Waals surface area (Å²) >= 11 is 0. The van der Waals surface area contributed by atoms with Crippen LogP contribution in [0.2, 0.25) is 0 Å². The fourth-order valence-electron chi connectivity index (χ4n) is 2.66. The number of carboxylic acid groups (broad SMARTS) is 1. The van der Waals surface area contributed by atoms with Gasteiger partial charge in [0.15, 0.2) is 0 Å². The van der Waals surface area contributed by atoms with E-state index in [0.717, 1.165) is 11.0 Å². The van der Waals surface area contributed by atoms with Crippen LogP contribution in [0.3, 0.4) is 0 Å². The third kappa shape index (κ3) is 1.52. The lowest BCUT2D eigenvalue weighted by Crippen LogP contribution is -2.28. The van der Waals surface area contributed by atoms with Crippen LogP contribution < -0.4 is 0 Å². The molecular weight excluding hydrogens is 228 g/mol. The maximum absolute atomic E-state index is 11.3. The molecule has 4 heteroatoms. The average Bonchev–Trinajstić information content (AvgIpc) is 3.08. The highest BCUT2D eigenvalue weighted by Crippen LogP contribution is 2.45. The molecule has 0 bridgehead atoms. The summed E-state index contributed by atoms with van der Waals surface area (Å²) in [6.07, 6.45) is 4.19. The Labute approximate surface area is 105 Å². The van der Waals surface area contributed by atoms with E-state index in [1.807, 2.05) is 10.6 Å². The van der Waals surface area contributed by atoms with Crippen molar-refractivity contribution in [1.82, 2.24) is 9.55 Å². The van der Waals surface area contributed by atoms with Crippen LogP contribution in [0.5, 0.6) is 0 Å².